The van der Waals surface area contributed by atoms with Crippen LogP contribution in [-0.2, 0) is 0 Å². The van der Waals surface area contributed by atoms with Gasteiger partial charge in [-0.1, -0.05) is 121 Å². The third-order valence-electron chi connectivity index (χ3n) is 9.26. The molecule has 232 valence electrons. The van der Waals surface area contributed by atoms with E-state index in [-0.39, 0.29) is 0 Å². The molecule has 0 amide bonds. The summed E-state index contributed by atoms with van der Waals surface area (Å²) in [5.74, 6) is 3.16. The maximum absolute atomic E-state index is 6.64. The lowest BCUT2D eigenvalue weighted by atomic mass is 9.92. The molecule has 4 nitrogen and oxygen atoms in total. The summed E-state index contributed by atoms with van der Waals surface area (Å²) in [7, 11) is 0. The summed E-state index contributed by atoms with van der Waals surface area (Å²) in [5, 5.41) is 8.96. The Balaban J connectivity index is 1.23. The number of ether oxygens (including phenoxy) is 4. The molecule has 9 rings (SSSR count). The van der Waals surface area contributed by atoms with Crippen molar-refractivity contribution in [2.24, 2.45) is 0 Å². The zero-order valence-corrected chi connectivity index (χ0v) is 26.3. The molecule has 1 aliphatic heterocycles. The van der Waals surface area contributed by atoms with Gasteiger partial charge in [0.15, 0.2) is 0 Å². The number of fused-ring (bicyclic) bond motifs is 14. The van der Waals surface area contributed by atoms with Crippen LogP contribution in [0.3, 0.4) is 0 Å². The van der Waals surface area contributed by atoms with Gasteiger partial charge >= 0.3 is 0 Å². The Bertz CT molecular complexity index is 2130. The first-order chi connectivity index (χ1) is 23.8. The molecule has 1 heterocycles. The van der Waals surface area contributed by atoms with Crippen LogP contribution in [0.2, 0.25) is 0 Å². The molecule has 0 fully saturated rings. The molecule has 0 saturated heterocycles. The van der Waals surface area contributed by atoms with Gasteiger partial charge in [-0.2, -0.15) is 0 Å². The van der Waals surface area contributed by atoms with Crippen LogP contribution in [0.4, 0.5) is 0 Å². The Kier molecular flexibility index (Phi) is 7.05. The summed E-state index contributed by atoms with van der Waals surface area (Å²) in [6.45, 7) is 1.43. The molecule has 0 atom stereocenters. The zero-order chi connectivity index (χ0) is 31.9. The van der Waals surface area contributed by atoms with E-state index < -0.39 is 0 Å². The fourth-order valence-corrected chi connectivity index (χ4v) is 7.13. The van der Waals surface area contributed by atoms with Crippen LogP contribution < -0.4 is 18.9 Å². The van der Waals surface area contributed by atoms with Crippen LogP contribution in [-0.4, -0.2) is 26.4 Å². The molecule has 0 N–H and O–H groups in total. The smallest absolute Gasteiger partial charge is 0.128 e. The van der Waals surface area contributed by atoms with Crippen molar-refractivity contribution in [2.45, 2.75) is 0 Å². The molecule has 0 bridgehead atoms. The van der Waals surface area contributed by atoms with Gasteiger partial charge in [-0.15, -0.1) is 0 Å². The van der Waals surface area contributed by atoms with Gasteiger partial charge < -0.3 is 18.9 Å². The first-order valence-corrected chi connectivity index (χ1v) is 16.4. The SMILES string of the molecule is c1ccc2c3c(ccc2c1)OCCOc1ccc2ccccc2c1-c1c(ccc2ccccc12)OCCOc1ccc2ccccc2c1-3. The largest absolute Gasteiger partial charge is 0.489 e. The lowest BCUT2D eigenvalue weighted by Crippen LogP contribution is -2.12. The van der Waals surface area contributed by atoms with Crippen LogP contribution in [0.5, 0.6) is 23.0 Å². The molecule has 0 aliphatic carbocycles. The van der Waals surface area contributed by atoms with Gasteiger partial charge in [0.1, 0.15) is 49.4 Å². The van der Waals surface area contributed by atoms with Gasteiger partial charge in [0.25, 0.3) is 0 Å². The minimum atomic E-state index is 0.359. The molecule has 8 aromatic rings. The normalized spacial score (nSPS) is 13.3. The van der Waals surface area contributed by atoms with Crippen molar-refractivity contribution in [3.05, 3.63) is 146 Å². The van der Waals surface area contributed by atoms with Gasteiger partial charge in [0.05, 0.1) is 0 Å². The maximum Gasteiger partial charge on any atom is 0.128 e. The van der Waals surface area contributed by atoms with Crippen LogP contribution >= 0.6 is 0 Å². The molecule has 4 heteroatoms. The highest BCUT2D eigenvalue weighted by Gasteiger charge is 2.22. The van der Waals surface area contributed by atoms with Crippen molar-refractivity contribution in [1.29, 1.82) is 0 Å². The van der Waals surface area contributed by atoms with Crippen molar-refractivity contribution < 1.29 is 18.9 Å². The number of hydrogen-bond acceptors (Lipinski definition) is 4. The highest BCUT2D eigenvalue weighted by Crippen LogP contribution is 2.47. The van der Waals surface area contributed by atoms with E-state index in [1.807, 2.05) is 0 Å². The van der Waals surface area contributed by atoms with Gasteiger partial charge in [0, 0.05) is 22.3 Å². The Labute approximate surface area is 278 Å². The first kappa shape index (κ1) is 28.2. The standard InChI is InChI=1S/C44H32O4/c1-5-13-33-29(9-1)17-21-37-41(33)42-34-14-6-2-10-30(34)18-22-38(42)46-27-28-48-40-24-20-32-12-4-8-16-36(32)44(40)43-35-15-7-3-11-31(35)19-23-39(43)47-26-25-45-37/h1-24H,25-28H2. The molecular weight excluding hydrogens is 592 g/mol. The summed E-state index contributed by atoms with van der Waals surface area (Å²) in [6, 6.07) is 50.5. The summed E-state index contributed by atoms with van der Waals surface area (Å²) in [5.41, 5.74) is 4.04. The molecule has 0 saturated carbocycles. The second kappa shape index (κ2) is 12.0. The van der Waals surface area contributed by atoms with Crippen LogP contribution in [0.15, 0.2) is 146 Å². The van der Waals surface area contributed by atoms with E-state index in [0.717, 1.165) is 88.3 Å². The molecular formula is C44H32O4. The summed E-state index contributed by atoms with van der Waals surface area (Å²) >= 11 is 0. The van der Waals surface area contributed by atoms with Gasteiger partial charge in [-0.05, 0) is 67.4 Å². The maximum atomic E-state index is 6.64. The van der Waals surface area contributed by atoms with Crippen molar-refractivity contribution in [2.75, 3.05) is 26.4 Å². The van der Waals surface area contributed by atoms with Crippen molar-refractivity contribution in [3.63, 3.8) is 0 Å². The van der Waals surface area contributed by atoms with Crippen LogP contribution in [0.1, 0.15) is 0 Å². The molecule has 8 aromatic carbocycles. The van der Waals surface area contributed by atoms with E-state index in [0.29, 0.717) is 26.4 Å². The molecule has 48 heavy (non-hydrogen) atoms. The summed E-state index contributed by atoms with van der Waals surface area (Å²) < 4.78 is 26.6. The summed E-state index contributed by atoms with van der Waals surface area (Å²) in [4.78, 5) is 0. The molecule has 1 aliphatic rings. The van der Waals surface area contributed by atoms with E-state index in [2.05, 4.69) is 146 Å². The minimum Gasteiger partial charge on any atom is -0.489 e. The Hall–Kier alpha value is -6.00. The number of benzene rings is 8. The quantitative estimate of drug-likeness (QED) is 0.168. The van der Waals surface area contributed by atoms with Crippen molar-refractivity contribution in [1.82, 2.24) is 0 Å². The lowest BCUT2D eigenvalue weighted by Gasteiger charge is -2.22. The average Bonchev–Trinajstić information content (AvgIpc) is 3.14. The average molecular weight is 625 g/mol. The van der Waals surface area contributed by atoms with Crippen LogP contribution in [0.25, 0.3) is 65.3 Å². The predicted octanol–water partition coefficient (Wildman–Crippen LogP) is 10.9. The molecule has 0 unspecified atom stereocenters. The fourth-order valence-electron chi connectivity index (χ4n) is 7.13. The topological polar surface area (TPSA) is 36.9 Å². The molecule has 0 radical (unpaired) electrons. The first-order valence-electron chi connectivity index (χ1n) is 16.4. The van der Waals surface area contributed by atoms with Gasteiger partial charge in [-0.3, -0.25) is 0 Å². The predicted molar refractivity (Wildman–Crippen MR) is 196 cm³/mol. The van der Waals surface area contributed by atoms with E-state index in [1.54, 1.807) is 0 Å². The zero-order valence-electron chi connectivity index (χ0n) is 26.3. The Morgan fingerprint density at radius 2 is 0.479 bits per heavy atom. The van der Waals surface area contributed by atoms with Crippen molar-refractivity contribution >= 4 is 43.1 Å². The third kappa shape index (κ3) is 4.85. The van der Waals surface area contributed by atoms with E-state index in [4.69, 9.17) is 18.9 Å². The monoisotopic (exact) mass is 624 g/mol. The lowest BCUT2D eigenvalue weighted by molar-refractivity contribution is 0.215. The third-order valence-corrected chi connectivity index (χ3v) is 9.26. The van der Waals surface area contributed by atoms with Gasteiger partial charge in [0.2, 0.25) is 0 Å². The van der Waals surface area contributed by atoms with E-state index >= 15 is 0 Å². The summed E-state index contributed by atoms with van der Waals surface area (Å²) in [6.07, 6.45) is 0. The highest BCUT2D eigenvalue weighted by atomic mass is 16.5. The Morgan fingerprint density at radius 3 is 0.729 bits per heavy atom. The van der Waals surface area contributed by atoms with E-state index in [9.17, 15) is 0 Å². The molecule has 0 spiro atoms. The van der Waals surface area contributed by atoms with Gasteiger partial charge in [-0.25, -0.2) is 0 Å². The highest BCUT2D eigenvalue weighted by molar-refractivity contribution is 6.11. The molecule has 0 aromatic heterocycles. The Morgan fingerprint density at radius 1 is 0.250 bits per heavy atom. The number of rotatable bonds is 0. The van der Waals surface area contributed by atoms with E-state index in [1.165, 1.54) is 0 Å². The van der Waals surface area contributed by atoms with Crippen LogP contribution in [0, 0.1) is 0 Å². The van der Waals surface area contributed by atoms with Crippen molar-refractivity contribution in [3.8, 4) is 45.3 Å². The number of hydrogen-bond donors (Lipinski definition) is 0. The minimum absolute atomic E-state index is 0.359. The fraction of sp³-hybridized carbons (Fsp3) is 0.0909. The second-order valence-electron chi connectivity index (χ2n) is 12.0. The second-order valence-corrected chi connectivity index (χ2v) is 12.0.